The highest BCUT2D eigenvalue weighted by Gasteiger charge is 2.32. The van der Waals surface area contributed by atoms with Crippen LogP contribution in [0.1, 0.15) is 56.0 Å². The van der Waals surface area contributed by atoms with E-state index in [4.69, 9.17) is 5.11 Å². The molecule has 2 N–H and O–H groups in total. The maximum Gasteiger partial charge on any atom is 0.305 e. The highest BCUT2D eigenvalue weighted by Crippen LogP contribution is 2.23. The number of hydrogen-bond acceptors (Lipinski definition) is 4. The van der Waals surface area contributed by atoms with Crippen LogP contribution in [0, 0.1) is 0 Å². The molecule has 0 aromatic heterocycles. The van der Waals surface area contributed by atoms with Crippen LogP contribution in [0.5, 0.6) is 0 Å². The number of nitrogens with one attached hydrogen (secondary N) is 1. The molecule has 24 heavy (non-hydrogen) atoms. The number of carbonyl (C=O) groups excluding carboxylic acids is 1. The summed E-state index contributed by atoms with van der Waals surface area (Å²) in [7, 11) is -3.43. The Morgan fingerprint density at radius 3 is 2.17 bits per heavy atom. The van der Waals surface area contributed by atoms with Gasteiger partial charge in [-0.2, -0.15) is 0 Å². The lowest BCUT2D eigenvalue weighted by molar-refractivity contribution is -0.138. The third kappa shape index (κ3) is 4.80. The molecule has 1 rings (SSSR count). The van der Waals surface area contributed by atoms with Crippen LogP contribution in [-0.4, -0.2) is 37.2 Å². The predicted molar refractivity (Wildman–Crippen MR) is 92.0 cm³/mol. The van der Waals surface area contributed by atoms with E-state index in [-0.39, 0.29) is 16.9 Å². The summed E-state index contributed by atoms with van der Waals surface area (Å²) in [6.07, 6.45) is 2.40. The van der Waals surface area contributed by atoms with Crippen molar-refractivity contribution in [3.05, 3.63) is 29.3 Å². The molecule has 0 aliphatic carbocycles. The van der Waals surface area contributed by atoms with Gasteiger partial charge in [-0.05, 0) is 37.0 Å². The van der Waals surface area contributed by atoms with Gasteiger partial charge in [-0.15, -0.1) is 0 Å². The Bertz CT molecular complexity index is 720. The monoisotopic (exact) mass is 355 g/mol. The zero-order valence-corrected chi connectivity index (χ0v) is 15.4. The quantitative estimate of drug-likeness (QED) is 0.746. The van der Waals surface area contributed by atoms with Crippen molar-refractivity contribution in [3.63, 3.8) is 0 Å². The molecule has 0 radical (unpaired) electrons. The van der Waals surface area contributed by atoms with Gasteiger partial charge in [0.1, 0.15) is 0 Å². The van der Waals surface area contributed by atoms with Gasteiger partial charge in [0, 0.05) is 11.8 Å². The maximum absolute atomic E-state index is 12.7. The Morgan fingerprint density at radius 1 is 1.17 bits per heavy atom. The highest BCUT2D eigenvalue weighted by molar-refractivity contribution is 7.90. The van der Waals surface area contributed by atoms with Crippen LogP contribution in [0.15, 0.2) is 23.1 Å². The number of sulfone groups is 1. The Morgan fingerprint density at radius 2 is 1.75 bits per heavy atom. The number of aliphatic carboxylic acids is 1. The molecule has 0 heterocycles. The van der Waals surface area contributed by atoms with Crippen molar-refractivity contribution in [2.75, 3.05) is 6.26 Å². The fraction of sp³-hybridized carbons (Fsp3) is 0.529. The molecule has 0 aliphatic heterocycles. The lowest BCUT2D eigenvalue weighted by Crippen LogP contribution is -2.49. The van der Waals surface area contributed by atoms with Gasteiger partial charge in [0.25, 0.3) is 5.91 Å². The van der Waals surface area contributed by atoms with E-state index in [0.29, 0.717) is 19.3 Å². The third-order valence-electron chi connectivity index (χ3n) is 4.36. The lowest BCUT2D eigenvalue weighted by atomic mass is 9.88. The number of rotatable bonds is 8. The Kier molecular flexibility index (Phi) is 6.54. The van der Waals surface area contributed by atoms with Crippen LogP contribution >= 0.6 is 0 Å². The second-order valence-electron chi connectivity index (χ2n) is 5.96. The summed E-state index contributed by atoms with van der Waals surface area (Å²) in [6, 6.07) is 4.47. The first kappa shape index (κ1) is 20.2. The number of benzene rings is 1. The number of amides is 1. The van der Waals surface area contributed by atoms with Crippen molar-refractivity contribution >= 4 is 21.7 Å². The van der Waals surface area contributed by atoms with Gasteiger partial charge in [0.15, 0.2) is 9.84 Å². The summed E-state index contributed by atoms with van der Waals surface area (Å²) < 4.78 is 23.5. The average Bonchev–Trinajstić information content (AvgIpc) is 2.52. The number of carboxylic acid groups (broad SMARTS) is 1. The number of hydrogen-bond donors (Lipinski definition) is 2. The number of carbonyl (C=O) groups is 2. The molecule has 6 nitrogen and oxygen atoms in total. The van der Waals surface area contributed by atoms with Crippen LogP contribution in [0.2, 0.25) is 0 Å². The molecule has 0 spiro atoms. The second kappa shape index (κ2) is 7.79. The molecular formula is C17H25NO5S. The Labute approximate surface area is 143 Å². The van der Waals surface area contributed by atoms with Gasteiger partial charge >= 0.3 is 5.97 Å². The van der Waals surface area contributed by atoms with E-state index in [1.807, 2.05) is 20.8 Å². The number of carboxylic acids is 1. The third-order valence-corrected chi connectivity index (χ3v) is 5.47. The normalized spacial score (nSPS) is 12.0. The molecule has 0 aliphatic rings. The van der Waals surface area contributed by atoms with E-state index in [0.717, 1.165) is 11.8 Å². The molecule has 7 heteroatoms. The van der Waals surface area contributed by atoms with Crippen molar-refractivity contribution < 1.29 is 23.1 Å². The average molecular weight is 355 g/mol. The van der Waals surface area contributed by atoms with Gasteiger partial charge in [0.05, 0.1) is 16.9 Å². The molecule has 1 amide bonds. The van der Waals surface area contributed by atoms with E-state index in [1.54, 1.807) is 6.07 Å². The largest absolute Gasteiger partial charge is 0.481 e. The predicted octanol–water partition coefficient (Wildman–Crippen LogP) is 2.42. The van der Waals surface area contributed by atoms with Crippen molar-refractivity contribution in [3.8, 4) is 0 Å². The summed E-state index contributed by atoms with van der Waals surface area (Å²) in [5.74, 6) is -1.43. The summed E-state index contributed by atoms with van der Waals surface area (Å²) in [5, 5.41) is 11.9. The zero-order chi connectivity index (χ0) is 18.5. The van der Waals surface area contributed by atoms with Crippen molar-refractivity contribution in [2.45, 2.75) is 56.9 Å². The highest BCUT2D eigenvalue weighted by atomic mass is 32.2. The summed E-state index contributed by atoms with van der Waals surface area (Å²) in [5.41, 5.74) is 0.142. The fourth-order valence-corrected chi connectivity index (χ4v) is 3.27. The molecule has 0 fully saturated rings. The topological polar surface area (TPSA) is 101 Å². The second-order valence-corrected chi connectivity index (χ2v) is 7.97. The van der Waals surface area contributed by atoms with Crippen LogP contribution in [0.3, 0.4) is 0 Å². The minimum Gasteiger partial charge on any atom is -0.481 e. The van der Waals surface area contributed by atoms with Gasteiger partial charge in [-0.25, -0.2) is 8.42 Å². The molecule has 0 unspecified atom stereocenters. The zero-order valence-electron chi connectivity index (χ0n) is 14.5. The van der Waals surface area contributed by atoms with Gasteiger partial charge in [-0.1, -0.05) is 26.8 Å². The molecule has 0 atom stereocenters. The lowest BCUT2D eigenvalue weighted by Gasteiger charge is -2.31. The summed E-state index contributed by atoms with van der Waals surface area (Å²) >= 11 is 0. The minimum atomic E-state index is -3.43. The Hall–Kier alpha value is -1.89. The molecule has 1 aromatic rings. The first-order chi connectivity index (χ1) is 11.1. The van der Waals surface area contributed by atoms with E-state index < -0.39 is 27.3 Å². The SMILES string of the molecule is CCc1ccc(S(C)(=O)=O)cc1C(=O)NC(CC)(CC)CC(=O)O. The van der Waals surface area contributed by atoms with Crippen molar-refractivity contribution in [1.29, 1.82) is 0 Å². The van der Waals surface area contributed by atoms with Crippen molar-refractivity contribution in [2.24, 2.45) is 0 Å². The van der Waals surface area contributed by atoms with Crippen molar-refractivity contribution in [1.82, 2.24) is 5.32 Å². The first-order valence-corrected chi connectivity index (χ1v) is 9.85. The van der Waals surface area contributed by atoms with Gasteiger partial charge < -0.3 is 10.4 Å². The molecule has 0 saturated carbocycles. The van der Waals surface area contributed by atoms with Crippen LogP contribution in [0.25, 0.3) is 0 Å². The molecule has 134 valence electrons. The van der Waals surface area contributed by atoms with Crippen LogP contribution in [-0.2, 0) is 21.1 Å². The van der Waals surface area contributed by atoms with Gasteiger partial charge in [-0.3, -0.25) is 9.59 Å². The smallest absolute Gasteiger partial charge is 0.305 e. The Balaban J connectivity index is 3.28. The molecular weight excluding hydrogens is 330 g/mol. The van der Waals surface area contributed by atoms with Crippen LogP contribution in [0.4, 0.5) is 0 Å². The summed E-state index contributed by atoms with van der Waals surface area (Å²) in [6.45, 7) is 5.51. The first-order valence-electron chi connectivity index (χ1n) is 7.95. The van der Waals surface area contributed by atoms with Gasteiger partial charge in [0.2, 0.25) is 0 Å². The van der Waals surface area contributed by atoms with Crippen LogP contribution < -0.4 is 5.32 Å². The van der Waals surface area contributed by atoms with E-state index >= 15 is 0 Å². The van der Waals surface area contributed by atoms with E-state index in [9.17, 15) is 18.0 Å². The van der Waals surface area contributed by atoms with E-state index in [2.05, 4.69) is 5.32 Å². The standard InChI is InChI=1S/C17H25NO5S/c1-5-12-8-9-13(24(4,22)23)10-14(12)16(21)18-17(6-2,7-3)11-15(19)20/h8-10H,5-7,11H2,1-4H3,(H,18,21)(H,19,20). The molecule has 1 aromatic carbocycles. The fourth-order valence-electron chi connectivity index (χ4n) is 2.62. The maximum atomic E-state index is 12.7. The molecule has 0 bridgehead atoms. The van der Waals surface area contributed by atoms with E-state index in [1.165, 1.54) is 12.1 Å². The molecule has 0 saturated heterocycles. The number of aryl methyl sites for hydroxylation is 1. The summed E-state index contributed by atoms with van der Waals surface area (Å²) in [4.78, 5) is 23.9. The minimum absolute atomic E-state index is 0.0710.